The van der Waals surface area contributed by atoms with Crippen molar-refractivity contribution in [1.82, 2.24) is 4.90 Å². The van der Waals surface area contributed by atoms with E-state index in [9.17, 15) is 9.18 Å². The molecule has 0 saturated carbocycles. The second-order valence-electron chi connectivity index (χ2n) is 6.60. The van der Waals surface area contributed by atoms with Gasteiger partial charge in [-0.25, -0.2) is 4.39 Å². The zero-order chi connectivity index (χ0) is 20.3. The van der Waals surface area contributed by atoms with E-state index in [4.69, 9.17) is 14.2 Å². The highest BCUT2D eigenvalue weighted by atomic mass is 19.1. The van der Waals surface area contributed by atoms with Crippen LogP contribution in [0, 0.1) is 12.7 Å². The lowest BCUT2D eigenvalue weighted by Crippen LogP contribution is -2.34. The van der Waals surface area contributed by atoms with Crippen LogP contribution in [0.3, 0.4) is 0 Å². The number of aryl methyl sites for hydroxylation is 1. The quantitative estimate of drug-likeness (QED) is 0.778. The van der Waals surface area contributed by atoms with Gasteiger partial charge in [-0.3, -0.25) is 4.79 Å². The minimum Gasteiger partial charge on any atom is -0.496 e. The van der Waals surface area contributed by atoms with Gasteiger partial charge in [0.15, 0.2) is 0 Å². The molecule has 6 heteroatoms. The van der Waals surface area contributed by atoms with Crippen molar-refractivity contribution in [2.45, 2.75) is 13.3 Å². The number of ether oxygens (including phenoxy) is 3. The SMILES string of the molecule is COc1cc(OC)c(C2=CCN(C(=O)c3ccc(C)c(F)c3)CC2)c(OC)c1. The molecule has 1 aliphatic heterocycles. The minimum atomic E-state index is -0.369. The van der Waals surface area contributed by atoms with Gasteiger partial charge in [0.05, 0.1) is 26.9 Å². The number of hydrogen-bond donors (Lipinski definition) is 0. The highest BCUT2D eigenvalue weighted by molar-refractivity contribution is 5.95. The number of methoxy groups -OCH3 is 3. The zero-order valence-corrected chi connectivity index (χ0v) is 16.5. The highest BCUT2D eigenvalue weighted by Crippen LogP contribution is 2.40. The van der Waals surface area contributed by atoms with Crippen LogP contribution in [0.2, 0.25) is 0 Å². The summed E-state index contributed by atoms with van der Waals surface area (Å²) in [5.41, 5.74) is 2.78. The first-order valence-electron chi connectivity index (χ1n) is 9.03. The Bertz CT molecular complexity index is 898. The number of halogens is 1. The van der Waals surface area contributed by atoms with E-state index in [-0.39, 0.29) is 11.7 Å². The van der Waals surface area contributed by atoms with E-state index in [0.29, 0.717) is 47.9 Å². The Morgan fingerprint density at radius 2 is 1.71 bits per heavy atom. The van der Waals surface area contributed by atoms with E-state index in [1.54, 1.807) is 45.3 Å². The van der Waals surface area contributed by atoms with Crippen molar-refractivity contribution >= 4 is 11.5 Å². The monoisotopic (exact) mass is 385 g/mol. The van der Waals surface area contributed by atoms with E-state index in [1.807, 2.05) is 18.2 Å². The summed E-state index contributed by atoms with van der Waals surface area (Å²) in [5.74, 6) is 1.41. The van der Waals surface area contributed by atoms with Gasteiger partial charge in [-0.05, 0) is 36.6 Å². The molecule has 0 fully saturated rings. The molecule has 1 aliphatic rings. The fourth-order valence-corrected chi connectivity index (χ4v) is 3.31. The molecule has 1 heterocycles. The summed E-state index contributed by atoms with van der Waals surface area (Å²) < 4.78 is 30.1. The zero-order valence-electron chi connectivity index (χ0n) is 16.5. The summed E-state index contributed by atoms with van der Waals surface area (Å²) in [6.07, 6.45) is 2.62. The average Bonchev–Trinajstić information content (AvgIpc) is 2.74. The second-order valence-corrected chi connectivity index (χ2v) is 6.60. The maximum atomic E-state index is 13.8. The van der Waals surface area contributed by atoms with Crippen molar-refractivity contribution in [2.24, 2.45) is 0 Å². The summed E-state index contributed by atoms with van der Waals surface area (Å²) in [6.45, 7) is 2.63. The minimum absolute atomic E-state index is 0.178. The predicted molar refractivity (Wildman–Crippen MR) is 106 cm³/mol. The second kappa shape index (κ2) is 8.33. The van der Waals surface area contributed by atoms with Crippen LogP contribution in [0.15, 0.2) is 36.4 Å². The van der Waals surface area contributed by atoms with E-state index < -0.39 is 0 Å². The van der Waals surface area contributed by atoms with Crippen molar-refractivity contribution < 1.29 is 23.4 Å². The van der Waals surface area contributed by atoms with Gasteiger partial charge in [0, 0.05) is 30.8 Å². The Kier molecular flexibility index (Phi) is 5.87. The first-order chi connectivity index (χ1) is 13.5. The van der Waals surface area contributed by atoms with Gasteiger partial charge in [0.2, 0.25) is 0 Å². The van der Waals surface area contributed by atoms with Gasteiger partial charge in [0.25, 0.3) is 5.91 Å². The summed E-state index contributed by atoms with van der Waals surface area (Å²) in [5, 5.41) is 0. The topological polar surface area (TPSA) is 48.0 Å². The molecule has 0 bridgehead atoms. The Morgan fingerprint density at radius 3 is 2.21 bits per heavy atom. The van der Waals surface area contributed by atoms with Crippen molar-refractivity contribution in [3.05, 3.63) is 58.9 Å². The molecule has 0 N–H and O–H groups in total. The normalized spacial score (nSPS) is 13.8. The van der Waals surface area contributed by atoms with Crippen molar-refractivity contribution in [2.75, 3.05) is 34.4 Å². The van der Waals surface area contributed by atoms with Gasteiger partial charge < -0.3 is 19.1 Å². The van der Waals surface area contributed by atoms with Crippen LogP contribution < -0.4 is 14.2 Å². The van der Waals surface area contributed by atoms with E-state index >= 15 is 0 Å². The average molecular weight is 385 g/mol. The third-order valence-corrected chi connectivity index (χ3v) is 4.95. The lowest BCUT2D eigenvalue weighted by molar-refractivity contribution is 0.0772. The number of benzene rings is 2. The number of hydrogen-bond acceptors (Lipinski definition) is 4. The molecule has 0 unspecified atom stereocenters. The fraction of sp³-hybridized carbons (Fsp3) is 0.318. The molecular formula is C22H24FNO4. The fourth-order valence-electron chi connectivity index (χ4n) is 3.31. The molecule has 0 atom stereocenters. The molecular weight excluding hydrogens is 361 g/mol. The summed E-state index contributed by atoms with van der Waals surface area (Å²) >= 11 is 0. The molecule has 0 spiro atoms. The largest absolute Gasteiger partial charge is 0.496 e. The molecule has 3 rings (SSSR count). The Hall–Kier alpha value is -3.02. The van der Waals surface area contributed by atoms with Crippen molar-refractivity contribution in [3.63, 3.8) is 0 Å². The van der Waals surface area contributed by atoms with E-state index in [1.165, 1.54) is 6.07 Å². The standard InChI is InChI=1S/C22H24FNO4/c1-14-5-6-16(11-18(14)23)22(25)24-9-7-15(8-10-24)21-19(27-3)12-17(26-2)13-20(21)28-4/h5-7,11-13H,8-10H2,1-4H3. The van der Waals surface area contributed by atoms with Crippen LogP contribution in [0.5, 0.6) is 17.2 Å². The van der Waals surface area contributed by atoms with Crippen LogP contribution in [0.25, 0.3) is 5.57 Å². The number of nitrogens with zero attached hydrogens (tertiary/aromatic N) is 1. The number of rotatable bonds is 5. The molecule has 148 valence electrons. The maximum absolute atomic E-state index is 13.8. The molecule has 0 radical (unpaired) electrons. The van der Waals surface area contributed by atoms with Gasteiger partial charge in [-0.2, -0.15) is 0 Å². The Morgan fingerprint density at radius 1 is 1.04 bits per heavy atom. The third-order valence-electron chi connectivity index (χ3n) is 4.95. The molecule has 28 heavy (non-hydrogen) atoms. The van der Waals surface area contributed by atoms with Crippen LogP contribution in [0.1, 0.15) is 27.9 Å². The highest BCUT2D eigenvalue weighted by Gasteiger charge is 2.24. The Labute approximate surface area is 164 Å². The van der Waals surface area contributed by atoms with Gasteiger partial charge in [-0.15, -0.1) is 0 Å². The molecule has 1 amide bonds. The third kappa shape index (κ3) is 3.81. The van der Waals surface area contributed by atoms with Crippen molar-refractivity contribution in [1.29, 1.82) is 0 Å². The van der Waals surface area contributed by atoms with Gasteiger partial charge in [0.1, 0.15) is 23.1 Å². The first kappa shape index (κ1) is 19.7. The number of amides is 1. The van der Waals surface area contributed by atoms with Gasteiger partial charge in [-0.1, -0.05) is 12.1 Å². The van der Waals surface area contributed by atoms with Crippen LogP contribution in [-0.4, -0.2) is 45.2 Å². The van der Waals surface area contributed by atoms with Crippen molar-refractivity contribution in [3.8, 4) is 17.2 Å². The summed E-state index contributed by atoms with van der Waals surface area (Å²) in [6, 6.07) is 8.21. The van der Waals surface area contributed by atoms with Gasteiger partial charge >= 0.3 is 0 Å². The Balaban J connectivity index is 1.85. The molecule has 2 aromatic rings. The number of carbonyl (C=O) groups excluding carboxylic acids is 1. The summed E-state index contributed by atoms with van der Waals surface area (Å²) in [7, 11) is 4.79. The lowest BCUT2D eigenvalue weighted by Gasteiger charge is -2.28. The molecule has 0 saturated heterocycles. The molecule has 2 aromatic carbocycles. The van der Waals surface area contributed by atoms with Crippen LogP contribution >= 0.6 is 0 Å². The van der Waals surface area contributed by atoms with E-state index in [0.717, 1.165) is 11.1 Å². The predicted octanol–water partition coefficient (Wildman–Crippen LogP) is 4.09. The molecule has 0 aromatic heterocycles. The van der Waals surface area contributed by atoms with E-state index in [2.05, 4.69) is 0 Å². The molecule has 0 aliphatic carbocycles. The molecule has 5 nitrogen and oxygen atoms in total. The number of carbonyl (C=O) groups is 1. The maximum Gasteiger partial charge on any atom is 0.254 e. The summed E-state index contributed by atoms with van der Waals surface area (Å²) in [4.78, 5) is 14.4. The lowest BCUT2D eigenvalue weighted by atomic mass is 9.96. The first-order valence-corrected chi connectivity index (χ1v) is 9.03. The smallest absolute Gasteiger partial charge is 0.254 e. The van der Waals surface area contributed by atoms with Crippen LogP contribution in [-0.2, 0) is 0 Å². The van der Waals surface area contributed by atoms with Crippen LogP contribution in [0.4, 0.5) is 4.39 Å².